The van der Waals surface area contributed by atoms with E-state index in [-0.39, 0.29) is 29.6 Å². The van der Waals surface area contributed by atoms with Gasteiger partial charge in [0.2, 0.25) is 0 Å². The van der Waals surface area contributed by atoms with Crippen molar-refractivity contribution >= 4 is 35.8 Å². The number of pyridine rings is 1. The van der Waals surface area contributed by atoms with E-state index in [1.807, 2.05) is 31.3 Å². The summed E-state index contributed by atoms with van der Waals surface area (Å²) in [5, 5.41) is 6.69. The second-order valence-electron chi connectivity index (χ2n) is 6.33. The molecule has 2 rings (SSSR count). The van der Waals surface area contributed by atoms with Crippen LogP contribution in [0, 0.1) is 0 Å². The van der Waals surface area contributed by atoms with Crippen molar-refractivity contribution in [2.24, 2.45) is 4.99 Å². The third-order valence-corrected chi connectivity index (χ3v) is 3.97. The molecule has 0 radical (unpaired) electrons. The van der Waals surface area contributed by atoms with Crippen LogP contribution in [0.15, 0.2) is 23.3 Å². The maximum Gasteiger partial charge on any atom is 0.191 e. The Morgan fingerprint density at radius 2 is 2.21 bits per heavy atom. The van der Waals surface area contributed by atoms with Crippen LogP contribution in [0.2, 0.25) is 0 Å². The quantitative estimate of drug-likeness (QED) is 0.399. The summed E-state index contributed by atoms with van der Waals surface area (Å²) in [5.41, 5.74) is 1.03. The molecule has 0 aliphatic carbocycles. The van der Waals surface area contributed by atoms with E-state index in [0.717, 1.165) is 49.9 Å². The van der Waals surface area contributed by atoms with Crippen molar-refractivity contribution in [1.82, 2.24) is 15.6 Å². The Labute approximate surface area is 162 Å². The SMILES string of the molecule is CCNC(=NCc1cccnc1N(C)C)NCC1(C)CCCO1.I. The summed E-state index contributed by atoms with van der Waals surface area (Å²) in [4.78, 5) is 11.1. The normalized spacial score (nSPS) is 20.4. The Morgan fingerprint density at radius 1 is 1.42 bits per heavy atom. The second kappa shape index (κ2) is 10.0. The Hall–Kier alpha value is -1.09. The first-order chi connectivity index (χ1) is 11.0. The number of aliphatic imine (C=N–C) groups is 1. The summed E-state index contributed by atoms with van der Waals surface area (Å²) >= 11 is 0. The Bertz CT molecular complexity index is 529. The molecule has 136 valence electrons. The van der Waals surface area contributed by atoms with Gasteiger partial charge in [0.05, 0.1) is 12.1 Å². The maximum absolute atomic E-state index is 5.82. The van der Waals surface area contributed by atoms with E-state index in [4.69, 9.17) is 9.73 Å². The molecule has 2 N–H and O–H groups in total. The summed E-state index contributed by atoms with van der Waals surface area (Å²) in [5.74, 6) is 1.77. The van der Waals surface area contributed by atoms with Crippen LogP contribution in [0.5, 0.6) is 0 Å². The van der Waals surface area contributed by atoms with Gasteiger partial charge in [-0.05, 0) is 32.8 Å². The average molecular weight is 447 g/mol. The molecule has 6 nitrogen and oxygen atoms in total. The van der Waals surface area contributed by atoms with E-state index in [2.05, 4.69) is 35.5 Å². The van der Waals surface area contributed by atoms with E-state index in [1.165, 1.54) is 0 Å². The molecule has 1 aliphatic rings. The van der Waals surface area contributed by atoms with Gasteiger partial charge >= 0.3 is 0 Å². The molecule has 1 atom stereocenters. The number of hydrogen-bond acceptors (Lipinski definition) is 4. The number of anilines is 1. The first kappa shape index (κ1) is 21.0. The zero-order valence-corrected chi connectivity index (χ0v) is 17.5. The van der Waals surface area contributed by atoms with Crippen molar-refractivity contribution in [2.75, 3.05) is 38.7 Å². The van der Waals surface area contributed by atoms with Crippen LogP contribution in [-0.2, 0) is 11.3 Å². The summed E-state index contributed by atoms with van der Waals surface area (Å²) in [7, 11) is 3.99. The molecule has 0 spiro atoms. The second-order valence-corrected chi connectivity index (χ2v) is 6.33. The third-order valence-electron chi connectivity index (χ3n) is 3.97. The lowest BCUT2D eigenvalue weighted by molar-refractivity contribution is 0.0243. The third kappa shape index (κ3) is 6.08. The van der Waals surface area contributed by atoms with Crippen LogP contribution in [0.25, 0.3) is 0 Å². The minimum absolute atomic E-state index is 0. The fourth-order valence-corrected chi connectivity index (χ4v) is 2.71. The topological polar surface area (TPSA) is 61.8 Å². The van der Waals surface area contributed by atoms with Gasteiger partial charge in [0.25, 0.3) is 0 Å². The number of rotatable bonds is 6. The molecule has 0 amide bonds. The highest BCUT2D eigenvalue weighted by molar-refractivity contribution is 14.0. The standard InChI is InChI=1S/C17H29N5O.HI/c1-5-18-16(21-13-17(2)9-7-11-23-17)20-12-14-8-6-10-19-15(14)22(3)4;/h6,8,10H,5,7,9,11-13H2,1-4H3,(H2,18,20,21);1H. The molecule has 1 fully saturated rings. The molecular weight excluding hydrogens is 417 g/mol. The van der Waals surface area contributed by atoms with E-state index < -0.39 is 0 Å². The van der Waals surface area contributed by atoms with Crippen molar-refractivity contribution < 1.29 is 4.74 Å². The number of halogens is 1. The largest absolute Gasteiger partial charge is 0.373 e. The van der Waals surface area contributed by atoms with Crippen LogP contribution in [0.4, 0.5) is 5.82 Å². The van der Waals surface area contributed by atoms with Crippen LogP contribution in [0.1, 0.15) is 32.3 Å². The molecule has 1 saturated heterocycles. The highest BCUT2D eigenvalue weighted by atomic mass is 127. The monoisotopic (exact) mass is 447 g/mol. The predicted octanol–water partition coefficient (Wildman–Crippen LogP) is 2.39. The van der Waals surface area contributed by atoms with Gasteiger partial charge in [0.1, 0.15) is 5.82 Å². The molecule has 0 bridgehead atoms. The van der Waals surface area contributed by atoms with E-state index >= 15 is 0 Å². The molecule has 0 aromatic carbocycles. The Balaban J connectivity index is 0.00000288. The van der Waals surface area contributed by atoms with Crippen molar-refractivity contribution in [3.05, 3.63) is 23.9 Å². The highest BCUT2D eigenvalue weighted by Gasteiger charge is 2.29. The van der Waals surface area contributed by atoms with Crippen molar-refractivity contribution in [1.29, 1.82) is 0 Å². The number of guanidine groups is 1. The van der Waals surface area contributed by atoms with Crippen LogP contribution < -0.4 is 15.5 Å². The van der Waals surface area contributed by atoms with Gasteiger partial charge in [-0.25, -0.2) is 9.98 Å². The molecule has 1 aromatic rings. The van der Waals surface area contributed by atoms with E-state index in [9.17, 15) is 0 Å². The van der Waals surface area contributed by atoms with Gasteiger partial charge < -0.3 is 20.3 Å². The lowest BCUT2D eigenvalue weighted by atomic mass is 10.0. The van der Waals surface area contributed by atoms with Gasteiger partial charge in [-0.3, -0.25) is 0 Å². The lowest BCUT2D eigenvalue weighted by Crippen LogP contribution is -2.45. The smallest absolute Gasteiger partial charge is 0.191 e. The number of aromatic nitrogens is 1. The molecule has 1 unspecified atom stereocenters. The molecule has 24 heavy (non-hydrogen) atoms. The van der Waals surface area contributed by atoms with Crippen LogP contribution in [-0.4, -0.2) is 50.3 Å². The van der Waals surface area contributed by atoms with Crippen LogP contribution in [0.3, 0.4) is 0 Å². The van der Waals surface area contributed by atoms with E-state index in [0.29, 0.717) is 6.54 Å². The summed E-state index contributed by atoms with van der Waals surface area (Å²) < 4.78 is 5.82. The fraction of sp³-hybridized carbons (Fsp3) is 0.647. The number of ether oxygens (including phenoxy) is 1. The molecular formula is C17H30IN5O. The summed E-state index contributed by atoms with van der Waals surface area (Å²) in [6, 6.07) is 4.02. The Morgan fingerprint density at radius 3 is 2.83 bits per heavy atom. The van der Waals surface area contributed by atoms with Gasteiger partial charge in [-0.15, -0.1) is 24.0 Å². The molecule has 1 aromatic heterocycles. The van der Waals surface area contributed by atoms with Gasteiger partial charge in [0, 0.05) is 45.6 Å². The predicted molar refractivity (Wildman–Crippen MR) is 110 cm³/mol. The zero-order valence-electron chi connectivity index (χ0n) is 15.1. The first-order valence-corrected chi connectivity index (χ1v) is 8.31. The van der Waals surface area contributed by atoms with Gasteiger partial charge in [-0.2, -0.15) is 0 Å². The number of hydrogen-bond donors (Lipinski definition) is 2. The summed E-state index contributed by atoms with van der Waals surface area (Å²) in [6.45, 7) is 7.27. The summed E-state index contributed by atoms with van der Waals surface area (Å²) in [6.07, 6.45) is 4.03. The zero-order chi connectivity index (χ0) is 16.7. The average Bonchev–Trinajstić information content (AvgIpc) is 2.97. The molecule has 1 aliphatic heterocycles. The van der Waals surface area contributed by atoms with Gasteiger partial charge in [-0.1, -0.05) is 6.07 Å². The number of nitrogens with one attached hydrogen (secondary N) is 2. The maximum atomic E-state index is 5.82. The minimum Gasteiger partial charge on any atom is -0.373 e. The Kier molecular flexibility index (Phi) is 8.75. The van der Waals surface area contributed by atoms with Crippen molar-refractivity contribution in [3.63, 3.8) is 0 Å². The molecule has 2 heterocycles. The minimum atomic E-state index is -0.0840. The van der Waals surface area contributed by atoms with Gasteiger partial charge in [0.15, 0.2) is 5.96 Å². The van der Waals surface area contributed by atoms with Crippen molar-refractivity contribution in [2.45, 2.75) is 38.8 Å². The highest BCUT2D eigenvalue weighted by Crippen LogP contribution is 2.23. The first-order valence-electron chi connectivity index (χ1n) is 8.31. The number of nitrogens with zero attached hydrogens (tertiary/aromatic N) is 3. The lowest BCUT2D eigenvalue weighted by Gasteiger charge is -2.24. The van der Waals surface area contributed by atoms with Crippen LogP contribution >= 0.6 is 24.0 Å². The van der Waals surface area contributed by atoms with Crippen molar-refractivity contribution in [3.8, 4) is 0 Å². The molecule has 7 heteroatoms. The molecule has 0 saturated carbocycles. The van der Waals surface area contributed by atoms with E-state index in [1.54, 1.807) is 0 Å². The fourth-order valence-electron chi connectivity index (χ4n) is 2.71.